The highest BCUT2D eigenvalue weighted by Gasteiger charge is 2.26. The van der Waals surface area contributed by atoms with Gasteiger partial charge in [0.2, 0.25) is 0 Å². The Kier molecular flexibility index (Phi) is 8.11. The van der Waals surface area contributed by atoms with E-state index in [4.69, 9.17) is 4.74 Å². The molecule has 3 rings (SSSR count). The molecule has 0 aliphatic heterocycles. The van der Waals surface area contributed by atoms with E-state index in [9.17, 15) is 4.79 Å². The van der Waals surface area contributed by atoms with Gasteiger partial charge in [0.15, 0.2) is 0 Å². The molecular weight excluding hydrogens is 366 g/mol. The predicted octanol–water partition coefficient (Wildman–Crippen LogP) is 5.66. The van der Waals surface area contributed by atoms with Crippen LogP contribution in [0.25, 0.3) is 0 Å². The fourth-order valence-electron chi connectivity index (χ4n) is 4.13. The van der Waals surface area contributed by atoms with Crippen molar-refractivity contribution in [2.75, 3.05) is 13.1 Å². The first kappa shape index (κ1) is 21.1. The summed E-state index contributed by atoms with van der Waals surface area (Å²) in [6, 6.07) is 11.2. The van der Waals surface area contributed by atoms with Crippen LogP contribution in [-0.4, -0.2) is 30.0 Å². The predicted molar refractivity (Wildman–Crippen MR) is 117 cm³/mol. The fourth-order valence-corrected chi connectivity index (χ4v) is 4.83. The maximum Gasteiger partial charge on any atom is 0.311 e. The molecule has 0 N–H and O–H groups in total. The zero-order valence-corrected chi connectivity index (χ0v) is 18.1. The number of nitrogens with zero attached hydrogens (tertiary/aromatic N) is 1. The summed E-state index contributed by atoms with van der Waals surface area (Å²) in [5, 5.41) is 2.17. The minimum absolute atomic E-state index is 0.0964. The minimum Gasteiger partial charge on any atom is -0.426 e. The number of esters is 1. The van der Waals surface area contributed by atoms with E-state index in [-0.39, 0.29) is 5.97 Å². The van der Waals surface area contributed by atoms with Crippen molar-refractivity contribution >= 4 is 17.3 Å². The van der Waals surface area contributed by atoms with E-state index >= 15 is 0 Å². The summed E-state index contributed by atoms with van der Waals surface area (Å²) >= 11 is 1.86. The van der Waals surface area contributed by atoms with Crippen LogP contribution in [-0.2, 0) is 24.1 Å². The van der Waals surface area contributed by atoms with Crippen molar-refractivity contribution in [1.82, 2.24) is 4.90 Å². The van der Waals surface area contributed by atoms with Gasteiger partial charge in [0.25, 0.3) is 0 Å². The zero-order chi connectivity index (χ0) is 19.8. The molecule has 1 unspecified atom stereocenters. The number of fused-ring (bicyclic) bond motifs is 1. The van der Waals surface area contributed by atoms with Crippen molar-refractivity contribution < 1.29 is 9.53 Å². The summed E-state index contributed by atoms with van der Waals surface area (Å²) in [5.41, 5.74) is 2.60. The molecule has 3 nitrogen and oxygen atoms in total. The highest BCUT2D eigenvalue weighted by molar-refractivity contribution is 7.09. The minimum atomic E-state index is -0.0964. The number of carbonyl (C=O) groups excluding carboxylic acids is 1. The third-order valence-electron chi connectivity index (χ3n) is 5.62. The first-order chi connectivity index (χ1) is 13.7. The van der Waals surface area contributed by atoms with E-state index in [2.05, 4.69) is 42.3 Å². The fraction of sp³-hybridized carbons (Fsp3) is 0.542. The molecule has 0 bridgehead atoms. The van der Waals surface area contributed by atoms with Gasteiger partial charge in [-0.3, -0.25) is 9.69 Å². The van der Waals surface area contributed by atoms with Gasteiger partial charge in [-0.05, 0) is 73.7 Å². The number of rotatable bonds is 10. The van der Waals surface area contributed by atoms with E-state index in [0.29, 0.717) is 12.5 Å². The molecule has 1 aromatic heterocycles. The van der Waals surface area contributed by atoms with Crippen molar-refractivity contribution in [2.24, 2.45) is 0 Å². The van der Waals surface area contributed by atoms with E-state index in [0.717, 1.165) is 57.4 Å². The summed E-state index contributed by atoms with van der Waals surface area (Å²) in [7, 11) is 0. The Labute approximate surface area is 173 Å². The van der Waals surface area contributed by atoms with Crippen LogP contribution >= 0.6 is 11.3 Å². The van der Waals surface area contributed by atoms with Crippen LogP contribution in [0.5, 0.6) is 5.75 Å². The van der Waals surface area contributed by atoms with Crippen molar-refractivity contribution in [3.8, 4) is 5.75 Å². The Balaban J connectivity index is 1.65. The Bertz CT molecular complexity index is 741. The number of ether oxygens (including phenoxy) is 1. The lowest BCUT2D eigenvalue weighted by Gasteiger charge is -2.35. The second kappa shape index (κ2) is 10.8. The lowest BCUT2D eigenvalue weighted by atomic mass is 9.86. The Morgan fingerprint density at radius 1 is 1.18 bits per heavy atom. The summed E-state index contributed by atoms with van der Waals surface area (Å²) in [5.74, 6) is 0.693. The smallest absolute Gasteiger partial charge is 0.311 e. The average Bonchev–Trinajstić information content (AvgIpc) is 3.23. The van der Waals surface area contributed by atoms with Crippen LogP contribution in [0, 0.1) is 0 Å². The molecule has 0 saturated carbocycles. The first-order valence-corrected chi connectivity index (χ1v) is 11.7. The molecule has 4 heteroatoms. The van der Waals surface area contributed by atoms with E-state index in [1.165, 1.54) is 22.4 Å². The van der Waals surface area contributed by atoms with E-state index in [1.54, 1.807) is 0 Å². The van der Waals surface area contributed by atoms with Gasteiger partial charge in [-0.25, -0.2) is 0 Å². The van der Waals surface area contributed by atoms with Gasteiger partial charge >= 0.3 is 5.97 Å². The van der Waals surface area contributed by atoms with Crippen LogP contribution in [0.1, 0.15) is 62.0 Å². The number of unbranched alkanes of at least 4 members (excludes halogenated alkanes) is 1. The van der Waals surface area contributed by atoms with Gasteiger partial charge in [-0.2, -0.15) is 0 Å². The zero-order valence-electron chi connectivity index (χ0n) is 17.3. The molecule has 0 radical (unpaired) electrons. The molecule has 0 spiro atoms. The van der Waals surface area contributed by atoms with Crippen LogP contribution < -0.4 is 4.74 Å². The SMILES string of the molecule is CCCCC(=O)Oc1cccc2c1CCC(N(CCC)CCc1cccs1)C2. The maximum atomic E-state index is 12.1. The van der Waals surface area contributed by atoms with Crippen molar-refractivity contribution in [3.05, 3.63) is 51.7 Å². The van der Waals surface area contributed by atoms with E-state index in [1.807, 2.05) is 23.5 Å². The molecule has 1 heterocycles. The Hall–Kier alpha value is -1.65. The topological polar surface area (TPSA) is 29.5 Å². The average molecular weight is 400 g/mol. The monoisotopic (exact) mass is 399 g/mol. The van der Waals surface area contributed by atoms with Gasteiger partial charge in [0, 0.05) is 23.9 Å². The largest absolute Gasteiger partial charge is 0.426 e. The van der Waals surface area contributed by atoms with Gasteiger partial charge in [0.1, 0.15) is 5.75 Å². The number of carbonyl (C=O) groups is 1. The number of hydrogen-bond donors (Lipinski definition) is 0. The molecule has 0 fully saturated rings. The summed E-state index contributed by atoms with van der Waals surface area (Å²) in [6.45, 7) is 6.64. The first-order valence-electron chi connectivity index (χ1n) is 10.8. The Morgan fingerprint density at radius 2 is 2.07 bits per heavy atom. The van der Waals surface area contributed by atoms with Gasteiger partial charge in [-0.15, -0.1) is 11.3 Å². The summed E-state index contributed by atoms with van der Waals surface area (Å²) in [6.07, 6.45) is 7.93. The molecule has 1 aromatic carbocycles. The highest BCUT2D eigenvalue weighted by atomic mass is 32.1. The number of hydrogen-bond acceptors (Lipinski definition) is 4. The molecule has 2 aromatic rings. The van der Waals surface area contributed by atoms with Gasteiger partial charge in [-0.1, -0.05) is 38.5 Å². The maximum absolute atomic E-state index is 12.1. The molecule has 1 atom stereocenters. The molecule has 0 amide bonds. The number of benzene rings is 1. The third kappa shape index (κ3) is 5.68. The van der Waals surface area contributed by atoms with Gasteiger partial charge < -0.3 is 4.74 Å². The molecule has 1 aliphatic carbocycles. The normalized spacial score (nSPS) is 16.2. The van der Waals surface area contributed by atoms with Crippen molar-refractivity contribution in [1.29, 1.82) is 0 Å². The molecule has 1 aliphatic rings. The van der Waals surface area contributed by atoms with Crippen LogP contribution in [0.4, 0.5) is 0 Å². The Morgan fingerprint density at radius 3 is 2.82 bits per heavy atom. The summed E-state index contributed by atoms with van der Waals surface area (Å²) < 4.78 is 5.70. The lowest BCUT2D eigenvalue weighted by Crippen LogP contribution is -2.41. The summed E-state index contributed by atoms with van der Waals surface area (Å²) in [4.78, 5) is 16.2. The number of thiophene rings is 1. The van der Waals surface area contributed by atoms with Crippen LogP contribution in [0.2, 0.25) is 0 Å². The second-order valence-corrected chi connectivity index (χ2v) is 8.77. The standard InChI is InChI=1S/C24H33NO2S/c1-3-5-11-24(26)27-23-10-6-8-19-18-20(12-13-22(19)23)25(15-4-2)16-14-21-9-7-17-28-21/h6-10,17,20H,3-5,11-16,18H2,1-2H3. The highest BCUT2D eigenvalue weighted by Crippen LogP contribution is 2.32. The second-order valence-electron chi connectivity index (χ2n) is 7.73. The molecular formula is C24H33NO2S. The quantitative estimate of drug-likeness (QED) is 0.382. The van der Waals surface area contributed by atoms with Gasteiger partial charge in [0.05, 0.1) is 0 Å². The molecule has 28 heavy (non-hydrogen) atoms. The van der Waals surface area contributed by atoms with E-state index < -0.39 is 0 Å². The molecule has 0 saturated heterocycles. The lowest BCUT2D eigenvalue weighted by molar-refractivity contribution is -0.134. The third-order valence-corrected chi connectivity index (χ3v) is 6.56. The van der Waals surface area contributed by atoms with Crippen molar-refractivity contribution in [2.45, 2.75) is 71.3 Å². The van der Waals surface area contributed by atoms with Crippen molar-refractivity contribution in [3.63, 3.8) is 0 Å². The van der Waals surface area contributed by atoms with Crippen LogP contribution in [0.3, 0.4) is 0 Å². The van der Waals surface area contributed by atoms with Crippen LogP contribution in [0.15, 0.2) is 35.7 Å². The molecule has 152 valence electrons.